The molecule has 0 aliphatic heterocycles. The first-order chi connectivity index (χ1) is 8.33. The maximum Gasteiger partial charge on any atom is -0.0533 e. The molecule has 0 amide bonds. The monoisotopic (exact) mass is 246 g/mol. The summed E-state index contributed by atoms with van der Waals surface area (Å²) in [5, 5.41) is 0. The van der Waals surface area contributed by atoms with Crippen LogP contribution in [0, 0.1) is 0 Å². The minimum atomic E-state index is 1.32. The highest BCUT2D eigenvalue weighted by Gasteiger charge is 1.95. The molecule has 1 aliphatic rings. The Kier molecular flexibility index (Phi) is 67.3. The zero-order valence-corrected chi connectivity index (χ0v) is 14.4. The van der Waals surface area contributed by atoms with Crippen molar-refractivity contribution < 1.29 is 0 Å². The minimum Gasteiger partial charge on any atom is -0.0683 e. The minimum absolute atomic E-state index is 1.32. The molecule has 0 atom stereocenters. The Bertz CT molecular complexity index is 37.4. The predicted octanol–water partition coefficient (Wildman–Crippen LogP) is 7.62. The maximum atomic E-state index is 2.18. The molecule has 1 rings (SSSR count). The van der Waals surface area contributed by atoms with E-state index in [2.05, 4.69) is 27.7 Å². The van der Waals surface area contributed by atoms with Crippen LogP contribution in [0.25, 0.3) is 0 Å². The number of rotatable bonds is 2. The van der Waals surface area contributed by atoms with Crippen molar-refractivity contribution in [2.45, 2.75) is 113 Å². The molecule has 0 saturated heterocycles. The summed E-state index contributed by atoms with van der Waals surface area (Å²) in [7, 11) is 0. The summed E-state index contributed by atoms with van der Waals surface area (Å²) in [6.45, 7) is 16.7. The number of unbranched alkanes of at least 4 members (excludes halogenated alkanes) is 2. The highest BCUT2D eigenvalue weighted by atomic mass is 14.0. The Morgan fingerprint density at radius 1 is 0.412 bits per heavy atom. The van der Waals surface area contributed by atoms with Crippen LogP contribution in [0.1, 0.15) is 113 Å². The van der Waals surface area contributed by atoms with Gasteiger partial charge in [0.2, 0.25) is 0 Å². The van der Waals surface area contributed by atoms with Gasteiger partial charge in [-0.2, -0.15) is 0 Å². The van der Waals surface area contributed by atoms with Gasteiger partial charge < -0.3 is 0 Å². The normalized spacial score (nSPS) is 11.3. The van der Waals surface area contributed by atoms with Crippen molar-refractivity contribution in [2.24, 2.45) is 0 Å². The second kappa shape index (κ2) is 44.4. The van der Waals surface area contributed by atoms with E-state index in [-0.39, 0.29) is 0 Å². The summed E-state index contributed by atoms with van der Waals surface area (Å²) < 4.78 is 0. The number of hydrogen-bond donors (Lipinski definition) is 0. The molecular weight excluding hydrogens is 204 g/mol. The van der Waals surface area contributed by atoms with Crippen LogP contribution in [-0.2, 0) is 0 Å². The largest absolute Gasteiger partial charge is 0.0683 e. The van der Waals surface area contributed by atoms with Crippen LogP contribution in [0.3, 0.4) is 0 Å². The Hall–Kier alpha value is 0. The molecule has 0 bridgehead atoms. The van der Waals surface area contributed by atoms with Crippen molar-refractivity contribution >= 4 is 0 Å². The summed E-state index contributed by atoms with van der Waals surface area (Å²) in [4.78, 5) is 0. The van der Waals surface area contributed by atoms with Gasteiger partial charge in [-0.05, 0) is 0 Å². The first-order valence-corrected chi connectivity index (χ1v) is 8.33. The van der Waals surface area contributed by atoms with Gasteiger partial charge >= 0.3 is 0 Å². The highest BCUT2D eigenvalue weighted by Crippen LogP contribution is 2.15. The van der Waals surface area contributed by atoms with Crippen LogP contribution in [0.2, 0.25) is 0 Å². The van der Waals surface area contributed by atoms with E-state index in [1.54, 1.807) is 0 Å². The molecule has 1 fully saturated rings. The van der Waals surface area contributed by atoms with Gasteiger partial charge in [-0.3, -0.25) is 0 Å². The van der Waals surface area contributed by atoms with Gasteiger partial charge in [0.15, 0.2) is 0 Å². The highest BCUT2D eigenvalue weighted by molar-refractivity contribution is 4.51. The van der Waals surface area contributed by atoms with Crippen LogP contribution in [0.4, 0.5) is 0 Å². The van der Waals surface area contributed by atoms with Crippen molar-refractivity contribution in [3.05, 3.63) is 0 Å². The average Bonchev–Trinajstić information content (AvgIpc) is 3.02. The third-order valence-corrected chi connectivity index (χ3v) is 2.25. The van der Waals surface area contributed by atoms with E-state index < -0.39 is 0 Å². The van der Waals surface area contributed by atoms with Crippen molar-refractivity contribution in [1.29, 1.82) is 0 Å². The molecule has 0 aromatic heterocycles. The van der Waals surface area contributed by atoms with Crippen molar-refractivity contribution in [2.75, 3.05) is 0 Å². The fourth-order valence-corrected chi connectivity index (χ4v) is 0.884. The lowest BCUT2D eigenvalue weighted by molar-refractivity contribution is 0.886. The van der Waals surface area contributed by atoms with Crippen LogP contribution in [0.15, 0.2) is 0 Å². The van der Waals surface area contributed by atoms with E-state index in [4.69, 9.17) is 0 Å². The molecule has 0 spiro atoms. The van der Waals surface area contributed by atoms with E-state index in [9.17, 15) is 0 Å². The average molecular weight is 247 g/mol. The van der Waals surface area contributed by atoms with Gasteiger partial charge in [0, 0.05) is 0 Å². The van der Waals surface area contributed by atoms with Crippen molar-refractivity contribution in [3.8, 4) is 0 Å². The molecule has 0 N–H and O–H groups in total. The second-order valence-corrected chi connectivity index (χ2v) is 3.77. The molecule has 0 heteroatoms. The summed E-state index contributed by atoms with van der Waals surface area (Å²) in [5.74, 6) is 0. The van der Waals surface area contributed by atoms with Crippen molar-refractivity contribution in [3.63, 3.8) is 0 Å². The van der Waals surface area contributed by atoms with Crippen LogP contribution < -0.4 is 0 Å². The first kappa shape index (κ1) is 25.8. The maximum absolute atomic E-state index is 2.18. The summed E-state index contributed by atoms with van der Waals surface area (Å²) in [5.41, 5.74) is 0. The van der Waals surface area contributed by atoms with Crippen LogP contribution in [-0.4, -0.2) is 0 Å². The molecule has 0 aromatic carbocycles. The van der Waals surface area contributed by atoms with E-state index in [0.29, 0.717) is 0 Å². The molecular formula is C17H42. The van der Waals surface area contributed by atoms with E-state index in [1.165, 1.54) is 57.8 Å². The van der Waals surface area contributed by atoms with Crippen molar-refractivity contribution in [1.82, 2.24) is 0 Å². The summed E-state index contributed by atoms with van der Waals surface area (Å²) in [6.07, 6.45) is 12.8. The molecule has 0 heterocycles. The Balaban J connectivity index is -0.0000000657. The zero-order chi connectivity index (χ0) is 14.4. The van der Waals surface area contributed by atoms with Crippen LogP contribution >= 0.6 is 0 Å². The summed E-state index contributed by atoms with van der Waals surface area (Å²) >= 11 is 0. The molecule has 110 valence electrons. The predicted molar refractivity (Wildman–Crippen MR) is 86.9 cm³/mol. The zero-order valence-electron chi connectivity index (χ0n) is 14.4. The smallest absolute Gasteiger partial charge is 0.0533 e. The molecule has 1 saturated carbocycles. The van der Waals surface area contributed by atoms with Gasteiger partial charge in [0.1, 0.15) is 0 Å². The quantitative estimate of drug-likeness (QED) is 0.470. The lowest BCUT2D eigenvalue weighted by Crippen LogP contribution is -1.47. The fourth-order valence-electron chi connectivity index (χ4n) is 0.884. The lowest BCUT2D eigenvalue weighted by atomic mass is 10.4. The van der Waals surface area contributed by atoms with Gasteiger partial charge in [-0.1, -0.05) is 113 Å². The standard InChI is InChI=1S/C5H10.2C4H10.2C2H6/c1-2-4-5-3-1;2*1-3-4-2;2*1-2/h1-5H2;2*3-4H2,1-2H3;2*1-2H3. The van der Waals surface area contributed by atoms with E-state index in [0.717, 1.165) is 0 Å². The topological polar surface area (TPSA) is 0 Å². The molecule has 0 aromatic rings. The van der Waals surface area contributed by atoms with Gasteiger partial charge in [0.05, 0.1) is 0 Å². The third-order valence-electron chi connectivity index (χ3n) is 2.25. The summed E-state index contributed by atoms with van der Waals surface area (Å²) in [6, 6.07) is 0. The van der Waals surface area contributed by atoms with Gasteiger partial charge in [-0.15, -0.1) is 0 Å². The first-order valence-electron chi connectivity index (χ1n) is 8.33. The third kappa shape index (κ3) is 64.0. The van der Waals surface area contributed by atoms with Gasteiger partial charge in [0.25, 0.3) is 0 Å². The fraction of sp³-hybridized carbons (Fsp3) is 1.00. The van der Waals surface area contributed by atoms with Gasteiger partial charge in [-0.25, -0.2) is 0 Å². The van der Waals surface area contributed by atoms with E-state index >= 15 is 0 Å². The second-order valence-electron chi connectivity index (χ2n) is 3.77. The Morgan fingerprint density at radius 2 is 0.529 bits per heavy atom. The Morgan fingerprint density at radius 3 is 0.588 bits per heavy atom. The molecule has 0 unspecified atom stereocenters. The molecule has 17 heavy (non-hydrogen) atoms. The Labute approximate surface area is 114 Å². The van der Waals surface area contributed by atoms with Crippen LogP contribution in [0.5, 0.6) is 0 Å². The molecule has 1 aliphatic carbocycles. The molecule has 0 nitrogen and oxygen atoms in total. The van der Waals surface area contributed by atoms with E-state index in [1.807, 2.05) is 27.7 Å². The SMILES string of the molecule is C1CCCC1.CC.CC.CCCC.CCCC. The molecule has 0 radical (unpaired) electrons. The lowest BCUT2D eigenvalue weighted by Gasteiger charge is -1.68. The number of hydrogen-bond acceptors (Lipinski definition) is 0.